The summed E-state index contributed by atoms with van der Waals surface area (Å²) < 4.78 is 4.78. The fourth-order valence-electron chi connectivity index (χ4n) is 0.970. The summed E-state index contributed by atoms with van der Waals surface area (Å²) in [6.45, 7) is 1.94. The lowest BCUT2D eigenvalue weighted by molar-refractivity contribution is 0.367. The monoisotopic (exact) mass is 248 g/mol. The van der Waals surface area contributed by atoms with Gasteiger partial charge in [0.25, 0.3) is 0 Å². The highest BCUT2D eigenvalue weighted by molar-refractivity contribution is 8.06. The van der Waals surface area contributed by atoms with Crippen LogP contribution in [-0.4, -0.2) is 19.8 Å². The maximum atomic E-state index is 8.98. The Morgan fingerprint density at radius 1 is 1.47 bits per heavy atom. The molecule has 0 atom stereocenters. The topological polar surface area (TPSA) is 75.5 Å². The first-order chi connectivity index (χ1) is 6.79. The van der Waals surface area contributed by atoms with E-state index in [1.165, 1.54) is 6.20 Å². The molecule has 1 heterocycles. The van der Waals surface area contributed by atoms with Gasteiger partial charge in [-0.05, 0) is 6.92 Å². The van der Waals surface area contributed by atoms with Gasteiger partial charge in [-0.15, -0.1) is 0 Å². The fourth-order valence-corrected chi connectivity index (χ4v) is 1.65. The first kappa shape index (κ1) is 12.5. The molecule has 0 unspecified atom stereocenters. The van der Waals surface area contributed by atoms with Crippen molar-refractivity contribution in [1.82, 2.24) is 9.97 Å². The molecule has 0 aliphatic heterocycles. The number of aryl methyl sites for hydroxylation is 1. The van der Waals surface area contributed by atoms with Crippen LogP contribution in [0.4, 0.5) is 0 Å². The number of aromatic nitrogens is 2. The van der Waals surface area contributed by atoms with Crippen molar-refractivity contribution in [3.8, 4) is 5.75 Å². The first-order valence-corrected chi connectivity index (χ1v) is 7.01. The van der Waals surface area contributed by atoms with E-state index in [4.69, 9.17) is 14.3 Å². The minimum absolute atomic E-state index is 0.212. The molecule has 0 amide bonds. The van der Waals surface area contributed by atoms with Crippen LogP contribution in [0.5, 0.6) is 5.75 Å². The van der Waals surface area contributed by atoms with Crippen LogP contribution in [0, 0.1) is 6.92 Å². The Kier molecular flexibility index (Phi) is 3.78. The van der Waals surface area contributed by atoms with Gasteiger partial charge >= 0.3 is 6.72 Å². The van der Waals surface area contributed by atoms with Crippen LogP contribution >= 0.6 is 6.72 Å². The molecule has 15 heavy (non-hydrogen) atoms. The molecule has 0 radical (unpaired) electrons. The van der Waals surface area contributed by atoms with Crippen molar-refractivity contribution in [2.45, 2.75) is 26.7 Å². The van der Waals surface area contributed by atoms with Crippen molar-refractivity contribution in [3.63, 3.8) is 0 Å². The van der Waals surface area contributed by atoms with Gasteiger partial charge in [-0.2, -0.15) is 0 Å². The summed E-state index contributed by atoms with van der Waals surface area (Å²) in [4.78, 5) is 26.2. The standard InChI is InChI=1S/C8H13N2O3PS/c1-5(2)8-9-4-7(6(3)10-8)13-14(11,12)15/h4-5H,1-3H3,(H2,11,12,15). The van der Waals surface area contributed by atoms with Crippen LogP contribution < -0.4 is 4.52 Å². The molecule has 7 heteroatoms. The molecule has 1 aromatic heterocycles. The van der Waals surface area contributed by atoms with Crippen LogP contribution in [0.25, 0.3) is 0 Å². The van der Waals surface area contributed by atoms with E-state index in [-0.39, 0.29) is 11.7 Å². The minimum atomic E-state index is -3.70. The smallest absolute Gasteiger partial charge is 0.375 e. The molecule has 0 fully saturated rings. The second-order valence-electron chi connectivity index (χ2n) is 3.41. The zero-order valence-corrected chi connectivity index (χ0v) is 10.4. The molecular weight excluding hydrogens is 235 g/mol. The summed E-state index contributed by atoms with van der Waals surface area (Å²) in [5.41, 5.74) is 0.547. The second-order valence-corrected chi connectivity index (χ2v) is 6.01. The minimum Gasteiger partial charge on any atom is -0.421 e. The number of hydrogen-bond donors (Lipinski definition) is 2. The molecule has 0 spiro atoms. The third-order valence-electron chi connectivity index (χ3n) is 1.69. The van der Waals surface area contributed by atoms with Crippen LogP contribution in [0.15, 0.2) is 6.20 Å². The zero-order valence-electron chi connectivity index (χ0n) is 8.71. The summed E-state index contributed by atoms with van der Waals surface area (Å²) in [5.74, 6) is 1.11. The molecule has 1 rings (SSSR count). The van der Waals surface area contributed by atoms with Crippen molar-refractivity contribution < 1.29 is 14.3 Å². The number of nitrogens with zero attached hydrogens (tertiary/aromatic N) is 2. The number of hydrogen-bond acceptors (Lipinski definition) is 4. The SMILES string of the molecule is Cc1nc(C(C)C)ncc1OP(O)(O)=S. The van der Waals surface area contributed by atoms with Gasteiger partial charge in [0.1, 0.15) is 5.82 Å². The number of rotatable bonds is 3. The summed E-state index contributed by atoms with van der Waals surface area (Å²) in [6.07, 6.45) is 1.41. The fraction of sp³-hybridized carbons (Fsp3) is 0.500. The first-order valence-electron chi connectivity index (χ1n) is 4.38. The summed E-state index contributed by atoms with van der Waals surface area (Å²) in [7, 11) is 0. The molecule has 2 N–H and O–H groups in total. The Morgan fingerprint density at radius 3 is 2.47 bits per heavy atom. The van der Waals surface area contributed by atoms with Gasteiger partial charge in [0, 0.05) is 17.7 Å². The van der Waals surface area contributed by atoms with Gasteiger partial charge < -0.3 is 14.3 Å². The van der Waals surface area contributed by atoms with E-state index in [1.54, 1.807) is 6.92 Å². The maximum Gasteiger partial charge on any atom is 0.375 e. The van der Waals surface area contributed by atoms with Gasteiger partial charge in [-0.3, -0.25) is 0 Å². The van der Waals surface area contributed by atoms with E-state index < -0.39 is 6.72 Å². The largest absolute Gasteiger partial charge is 0.421 e. The average molecular weight is 248 g/mol. The zero-order chi connectivity index (χ0) is 11.6. The van der Waals surface area contributed by atoms with Crippen LogP contribution in [0.2, 0.25) is 0 Å². The van der Waals surface area contributed by atoms with Gasteiger partial charge in [-0.25, -0.2) is 9.97 Å². The molecular formula is C8H13N2O3PS. The van der Waals surface area contributed by atoms with Crippen molar-refractivity contribution in [1.29, 1.82) is 0 Å². The van der Waals surface area contributed by atoms with E-state index in [0.717, 1.165) is 0 Å². The molecule has 0 aromatic carbocycles. The van der Waals surface area contributed by atoms with Crippen molar-refractivity contribution in [3.05, 3.63) is 17.7 Å². The molecule has 5 nitrogen and oxygen atoms in total. The molecule has 84 valence electrons. The second kappa shape index (κ2) is 4.53. The van der Waals surface area contributed by atoms with Crippen LogP contribution in [-0.2, 0) is 11.8 Å². The van der Waals surface area contributed by atoms with Crippen LogP contribution in [0.1, 0.15) is 31.3 Å². The van der Waals surface area contributed by atoms with E-state index in [1.807, 2.05) is 13.8 Å². The predicted molar refractivity (Wildman–Crippen MR) is 60.2 cm³/mol. The lowest BCUT2D eigenvalue weighted by Crippen LogP contribution is -2.01. The molecule has 0 aliphatic rings. The molecule has 0 saturated carbocycles. The van der Waals surface area contributed by atoms with E-state index in [9.17, 15) is 0 Å². The quantitative estimate of drug-likeness (QED) is 0.789. The van der Waals surface area contributed by atoms with Gasteiger partial charge in [0.2, 0.25) is 0 Å². The molecule has 0 aliphatic carbocycles. The normalized spacial score (nSPS) is 11.9. The summed E-state index contributed by atoms with van der Waals surface area (Å²) in [5, 5.41) is 0. The Labute approximate surface area is 93.4 Å². The van der Waals surface area contributed by atoms with Crippen LogP contribution in [0.3, 0.4) is 0 Å². The van der Waals surface area contributed by atoms with E-state index in [0.29, 0.717) is 11.5 Å². The van der Waals surface area contributed by atoms with Gasteiger partial charge in [0.05, 0.1) is 11.9 Å². The third kappa shape index (κ3) is 3.83. The third-order valence-corrected chi connectivity index (χ3v) is 2.34. The Bertz CT molecular complexity index is 405. The molecule has 0 saturated heterocycles. The summed E-state index contributed by atoms with van der Waals surface area (Å²) >= 11 is 4.36. The van der Waals surface area contributed by atoms with Gasteiger partial charge in [0.15, 0.2) is 5.75 Å². The average Bonchev–Trinajstić information content (AvgIpc) is 2.05. The Morgan fingerprint density at radius 2 is 2.07 bits per heavy atom. The Hall–Kier alpha value is -0.550. The predicted octanol–water partition coefficient (Wildman–Crippen LogP) is 1.50. The van der Waals surface area contributed by atoms with Crippen molar-refractivity contribution in [2.24, 2.45) is 0 Å². The maximum absolute atomic E-state index is 8.98. The lowest BCUT2D eigenvalue weighted by Gasteiger charge is -2.12. The van der Waals surface area contributed by atoms with E-state index >= 15 is 0 Å². The van der Waals surface area contributed by atoms with Gasteiger partial charge in [-0.1, -0.05) is 13.8 Å². The van der Waals surface area contributed by atoms with E-state index in [2.05, 4.69) is 21.8 Å². The molecule has 1 aromatic rings. The Balaban J connectivity index is 2.99. The summed E-state index contributed by atoms with van der Waals surface area (Å²) in [6, 6.07) is 0. The highest BCUT2D eigenvalue weighted by Gasteiger charge is 2.14. The highest BCUT2D eigenvalue weighted by atomic mass is 32.5. The van der Waals surface area contributed by atoms with Crippen molar-refractivity contribution >= 4 is 18.5 Å². The van der Waals surface area contributed by atoms with Crippen molar-refractivity contribution in [2.75, 3.05) is 0 Å². The lowest BCUT2D eigenvalue weighted by atomic mass is 10.2. The molecule has 0 bridgehead atoms. The highest BCUT2D eigenvalue weighted by Crippen LogP contribution is 2.38.